The van der Waals surface area contributed by atoms with Crippen LogP contribution in [-0.4, -0.2) is 18.0 Å². The minimum absolute atomic E-state index is 0.543. The fourth-order valence-corrected chi connectivity index (χ4v) is 1.78. The fraction of sp³-hybridized carbons (Fsp3) is 0.467. The number of hydrogen-bond donors (Lipinski definition) is 1. The third kappa shape index (κ3) is 4.23. The van der Waals surface area contributed by atoms with Crippen molar-refractivity contribution in [2.45, 2.75) is 45.8 Å². The first-order valence-corrected chi connectivity index (χ1v) is 6.69. The Bertz CT molecular complexity index is 522. The van der Waals surface area contributed by atoms with Gasteiger partial charge in [0.15, 0.2) is 0 Å². The van der Waals surface area contributed by atoms with Gasteiger partial charge >= 0.3 is 6.09 Å². The average molecular weight is 298 g/mol. The number of aldehydes is 1. The number of benzene rings is 1. The van der Waals surface area contributed by atoms with E-state index in [4.69, 9.17) is 16.3 Å². The number of amides is 1. The second-order valence-corrected chi connectivity index (χ2v) is 6.32. The lowest BCUT2D eigenvalue weighted by atomic mass is 9.93. The van der Waals surface area contributed by atoms with E-state index in [1.807, 2.05) is 6.92 Å². The van der Waals surface area contributed by atoms with Gasteiger partial charge in [0.05, 0.1) is 0 Å². The molecule has 1 aromatic rings. The third-order valence-electron chi connectivity index (χ3n) is 2.77. The third-order valence-corrected chi connectivity index (χ3v) is 3.18. The minimum Gasteiger partial charge on any atom is -0.444 e. The van der Waals surface area contributed by atoms with Crippen LogP contribution in [0.1, 0.15) is 38.8 Å². The summed E-state index contributed by atoms with van der Waals surface area (Å²) in [5.74, 6) is 0. The molecule has 1 N–H and O–H groups in total. The molecule has 0 bridgehead atoms. The summed E-state index contributed by atoms with van der Waals surface area (Å²) in [5, 5.41) is 3.12. The van der Waals surface area contributed by atoms with Gasteiger partial charge in [0.1, 0.15) is 17.4 Å². The number of carbonyl (C=O) groups excluding carboxylic acids is 2. The lowest BCUT2D eigenvalue weighted by molar-refractivity contribution is -0.113. The molecule has 1 amide bonds. The highest BCUT2D eigenvalue weighted by Gasteiger charge is 2.30. The molecule has 0 saturated heterocycles. The highest BCUT2D eigenvalue weighted by molar-refractivity contribution is 6.31. The molecule has 110 valence electrons. The quantitative estimate of drug-likeness (QED) is 0.868. The number of carbonyl (C=O) groups is 2. The van der Waals surface area contributed by atoms with E-state index in [2.05, 4.69) is 5.32 Å². The van der Waals surface area contributed by atoms with E-state index in [1.165, 1.54) is 0 Å². The number of halogens is 1. The normalized spacial score (nSPS) is 14.3. The molecule has 1 unspecified atom stereocenters. The van der Waals surface area contributed by atoms with Gasteiger partial charge in [0.25, 0.3) is 0 Å². The number of aryl methyl sites for hydroxylation is 1. The van der Waals surface area contributed by atoms with Crippen LogP contribution in [0.5, 0.6) is 0 Å². The molecule has 0 aliphatic heterocycles. The van der Waals surface area contributed by atoms with Crippen molar-refractivity contribution in [2.75, 3.05) is 0 Å². The van der Waals surface area contributed by atoms with E-state index in [9.17, 15) is 9.59 Å². The van der Waals surface area contributed by atoms with E-state index in [0.717, 1.165) is 5.56 Å². The summed E-state index contributed by atoms with van der Waals surface area (Å²) in [6, 6.07) is 5.23. The maximum Gasteiger partial charge on any atom is 0.408 e. The molecule has 0 aromatic heterocycles. The van der Waals surface area contributed by atoms with E-state index >= 15 is 0 Å². The van der Waals surface area contributed by atoms with Gasteiger partial charge in [-0.3, -0.25) is 0 Å². The molecule has 0 saturated carbocycles. The van der Waals surface area contributed by atoms with Gasteiger partial charge in [-0.1, -0.05) is 23.7 Å². The largest absolute Gasteiger partial charge is 0.444 e. The van der Waals surface area contributed by atoms with Crippen molar-refractivity contribution < 1.29 is 14.3 Å². The SMILES string of the molecule is Cc1ccc(C(C)(C=O)NC(=O)OC(C)(C)C)cc1Cl. The minimum atomic E-state index is -1.18. The predicted molar refractivity (Wildman–Crippen MR) is 79.0 cm³/mol. The van der Waals surface area contributed by atoms with Crippen molar-refractivity contribution in [3.05, 3.63) is 34.3 Å². The average Bonchev–Trinajstić information content (AvgIpc) is 2.29. The summed E-state index contributed by atoms with van der Waals surface area (Å²) in [4.78, 5) is 23.2. The molecular formula is C15H20ClNO3. The summed E-state index contributed by atoms with van der Waals surface area (Å²) in [7, 11) is 0. The highest BCUT2D eigenvalue weighted by atomic mass is 35.5. The van der Waals surface area contributed by atoms with Crippen LogP contribution in [0, 0.1) is 6.92 Å². The monoisotopic (exact) mass is 297 g/mol. The van der Waals surface area contributed by atoms with Gasteiger partial charge in [-0.25, -0.2) is 4.79 Å². The molecule has 0 aliphatic carbocycles. The number of ether oxygens (including phenoxy) is 1. The van der Waals surface area contributed by atoms with E-state index in [-0.39, 0.29) is 0 Å². The Morgan fingerprint density at radius 1 is 1.30 bits per heavy atom. The van der Waals surface area contributed by atoms with E-state index < -0.39 is 17.2 Å². The summed E-state index contributed by atoms with van der Waals surface area (Å²) in [6.07, 6.45) is 0.0153. The van der Waals surface area contributed by atoms with Gasteiger partial charge in [0.2, 0.25) is 0 Å². The lowest BCUT2D eigenvalue weighted by Gasteiger charge is -2.28. The van der Waals surface area contributed by atoms with Crippen LogP contribution in [0.2, 0.25) is 5.02 Å². The molecule has 20 heavy (non-hydrogen) atoms. The lowest BCUT2D eigenvalue weighted by Crippen LogP contribution is -2.46. The molecular weight excluding hydrogens is 278 g/mol. The summed E-state index contributed by atoms with van der Waals surface area (Å²) < 4.78 is 5.17. The Balaban J connectivity index is 2.99. The number of alkyl carbamates (subject to hydrolysis) is 1. The molecule has 0 radical (unpaired) electrons. The first-order chi connectivity index (χ1) is 9.07. The van der Waals surface area contributed by atoms with Gasteiger partial charge in [0, 0.05) is 5.02 Å². The van der Waals surface area contributed by atoms with Crippen molar-refractivity contribution >= 4 is 24.0 Å². The fourth-order valence-electron chi connectivity index (χ4n) is 1.60. The van der Waals surface area contributed by atoms with Gasteiger partial charge in [-0.15, -0.1) is 0 Å². The highest BCUT2D eigenvalue weighted by Crippen LogP contribution is 2.25. The molecule has 0 heterocycles. The summed E-state index contributed by atoms with van der Waals surface area (Å²) >= 11 is 6.06. The molecule has 1 rings (SSSR count). The molecule has 0 aliphatic rings. The Morgan fingerprint density at radius 2 is 1.90 bits per heavy atom. The van der Waals surface area contributed by atoms with Crippen molar-refractivity contribution in [1.29, 1.82) is 0 Å². The van der Waals surface area contributed by atoms with Gasteiger partial charge < -0.3 is 14.8 Å². The first-order valence-electron chi connectivity index (χ1n) is 6.31. The van der Waals surface area contributed by atoms with Crippen molar-refractivity contribution in [2.24, 2.45) is 0 Å². The Kier molecular flexibility index (Phi) is 4.81. The van der Waals surface area contributed by atoms with Gasteiger partial charge in [-0.2, -0.15) is 0 Å². The van der Waals surface area contributed by atoms with Crippen LogP contribution >= 0.6 is 11.6 Å². The molecule has 0 spiro atoms. The molecule has 1 aromatic carbocycles. The number of hydrogen-bond acceptors (Lipinski definition) is 3. The van der Waals surface area contributed by atoms with Crippen LogP contribution in [0.25, 0.3) is 0 Å². The van der Waals surface area contributed by atoms with Crippen LogP contribution in [-0.2, 0) is 15.1 Å². The van der Waals surface area contributed by atoms with Crippen molar-refractivity contribution in [3.63, 3.8) is 0 Å². The molecule has 1 atom stereocenters. The molecule has 4 nitrogen and oxygen atoms in total. The first kappa shape index (κ1) is 16.5. The zero-order chi connectivity index (χ0) is 15.6. The zero-order valence-corrected chi connectivity index (χ0v) is 13.2. The Morgan fingerprint density at radius 3 is 2.35 bits per heavy atom. The summed E-state index contributed by atoms with van der Waals surface area (Å²) in [6.45, 7) is 8.74. The Hall–Kier alpha value is -1.55. The summed E-state index contributed by atoms with van der Waals surface area (Å²) in [5.41, 5.74) is -0.298. The van der Waals surface area contributed by atoms with Crippen LogP contribution in [0.15, 0.2) is 18.2 Å². The van der Waals surface area contributed by atoms with Crippen LogP contribution < -0.4 is 5.32 Å². The van der Waals surface area contributed by atoms with Gasteiger partial charge in [-0.05, 0) is 51.8 Å². The molecule has 5 heteroatoms. The number of nitrogens with one attached hydrogen (secondary N) is 1. The van der Waals surface area contributed by atoms with Crippen molar-refractivity contribution in [1.82, 2.24) is 5.32 Å². The maximum absolute atomic E-state index is 11.8. The van der Waals surface area contributed by atoms with Crippen LogP contribution in [0.3, 0.4) is 0 Å². The second-order valence-electron chi connectivity index (χ2n) is 5.91. The standard InChI is InChI=1S/C15H20ClNO3/c1-10-6-7-11(8-12(10)16)15(5,9-18)17-13(19)20-14(2,3)4/h6-9H,1-5H3,(H,17,19). The topological polar surface area (TPSA) is 55.4 Å². The maximum atomic E-state index is 11.8. The molecule has 0 fully saturated rings. The number of rotatable bonds is 3. The van der Waals surface area contributed by atoms with Crippen molar-refractivity contribution in [3.8, 4) is 0 Å². The van der Waals surface area contributed by atoms with E-state index in [0.29, 0.717) is 16.9 Å². The zero-order valence-electron chi connectivity index (χ0n) is 12.4. The van der Waals surface area contributed by atoms with Crippen LogP contribution in [0.4, 0.5) is 4.79 Å². The predicted octanol–water partition coefficient (Wildman–Crippen LogP) is 3.59. The smallest absolute Gasteiger partial charge is 0.408 e. The Labute approximate surface area is 124 Å². The second kappa shape index (κ2) is 5.83. The van der Waals surface area contributed by atoms with E-state index in [1.54, 1.807) is 45.9 Å².